The molecule has 2 N–H and O–H groups in total. The molecule has 2 heterocycles. The van der Waals surface area contributed by atoms with Crippen LogP contribution in [0, 0.1) is 0 Å². The Morgan fingerprint density at radius 3 is 2.80 bits per heavy atom. The van der Waals surface area contributed by atoms with E-state index < -0.39 is 5.60 Å². The summed E-state index contributed by atoms with van der Waals surface area (Å²) in [5.74, 6) is 0.659. The second kappa shape index (κ2) is 7.06. The van der Waals surface area contributed by atoms with Gasteiger partial charge in [-0.25, -0.2) is 0 Å². The van der Waals surface area contributed by atoms with Crippen LogP contribution in [0.25, 0.3) is 5.57 Å². The topological polar surface area (TPSA) is 91.3 Å². The summed E-state index contributed by atoms with van der Waals surface area (Å²) in [7, 11) is 1.62. The van der Waals surface area contributed by atoms with Crippen LogP contribution in [-0.4, -0.2) is 51.5 Å². The molecule has 132 valence electrons. The number of nitrogens with one attached hydrogen (secondary N) is 1. The number of benzene rings is 1. The number of carbonyl (C=O) groups excluding carboxylic acids is 1. The summed E-state index contributed by atoms with van der Waals surface area (Å²) >= 11 is 0. The number of likely N-dealkylation sites (tertiary alicyclic amines) is 1. The highest BCUT2D eigenvalue weighted by Gasteiger charge is 2.38. The van der Waals surface area contributed by atoms with Crippen molar-refractivity contribution in [2.45, 2.75) is 25.4 Å². The van der Waals surface area contributed by atoms with Crippen LogP contribution in [0.5, 0.6) is 5.75 Å². The van der Waals surface area contributed by atoms with Crippen molar-refractivity contribution in [2.24, 2.45) is 0 Å². The van der Waals surface area contributed by atoms with E-state index in [1.807, 2.05) is 31.2 Å². The Morgan fingerprint density at radius 1 is 1.40 bits per heavy atom. The molecule has 1 saturated heterocycles. The van der Waals surface area contributed by atoms with Crippen molar-refractivity contribution < 1.29 is 14.6 Å². The second-order valence-corrected chi connectivity index (χ2v) is 6.31. The Morgan fingerprint density at radius 2 is 2.16 bits per heavy atom. The molecule has 0 saturated carbocycles. The van der Waals surface area contributed by atoms with Gasteiger partial charge in [0, 0.05) is 12.6 Å². The third-order valence-electron chi connectivity index (χ3n) is 4.56. The Labute approximate surface area is 146 Å². The van der Waals surface area contributed by atoms with Gasteiger partial charge in [-0.05, 0) is 43.0 Å². The molecular weight excluding hydrogens is 320 g/mol. The van der Waals surface area contributed by atoms with Gasteiger partial charge in [0.15, 0.2) is 0 Å². The summed E-state index contributed by atoms with van der Waals surface area (Å²) < 4.78 is 5.15. The molecule has 1 aromatic heterocycles. The van der Waals surface area contributed by atoms with Crippen LogP contribution in [0.3, 0.4) is 0 Å². The second-order valence-electron chi connectivity index (χ2n) is 6.31. The van der Waals surface area contributed by atoms with Crippen LogP contribution < -0.4 is 4.74 Å². The Balaban J connectivity index is 1.73. The zero-order valence-corrected chi connectivity index (χ0v) is 14.4. The molecule has 1 amide bonds. The van der Waals surface area contributed by atoms with Gasteiger partial charge in [-0.2, -0.15) is 15.4 Å². The molecule has 3 rings (SSSR count). The van der Waals surface area contributed by atoms with Gasteiger partial charge in [0.1, 0.15) is 17.0 Å². The van der Waals surface area contributed by atoms with E-state index >= 15 is 0 Å². The van der Waals surface area contributed by atoms with Gasteiger partial charge in [-0.1, -0.05) is 12.1 Å². The molecule has 1 unspecified atom stereocenters. The highest BCUT2D eigenvalue weighted by molar-refractivity contribution is 5.95. The lowest BCUT2D eigenvalue weighted by atomic mass is 9.90. The number of aliphatic hydroxyl groups is 1. The zero-order valence-electron chi connectivity index (χ0n) is 14.4. The van der Waals surface area contributed by atoms with Crippen LogP contribution >= 0.6 is 0 Å². The SMILES string of the molecule is COc1ccc(C(C)=CC(=O)N2CCCC(O)(c3cn[nH]n3)C2)cc1. The monoisotopic (exact) mass is 342 g/mol. The smallest absolute Gasteiger partial charge is 0.246 e. The number of aromatic amines is 1. The summed E-state index contributed by atoms with van der Waals surface area (Å²) in [6, 6.07) is 7.56. The number of piperidine rings is 1. The maximum atomic E-state index is 12.6. The number of hydrogen-bond acceptors (Lipinski definition) is 5. The highest BCUT2D eigenvalue weighted by atomic mass is 16.5. The van der Waals surface area contributed by atoms with Gasteiger partial charge in [-0.15, -0.1) is 0 Å². The third-order valence-corrected chi connectivity index (χ3v) is 4.56. The number of amides is 1. The van der Waals surface area contributed by atoms with Gasteiger partial charge < -0.3 is 14.7 Å². The Hall–Kier alpha value is -2.67. The van der Waals surface area contributed by atoms with Gasteiger partial charge in [0.05, 0.1) is 19.9 Å². The van der Waals surface area contributed by atoms with Crippen molar-refractivity contribution >= 4 is 11.5 Å². The lowest BCUT2D eigenvalue weighted by Gasteiger charge is -2.37. The minimum absolute atomic E-state index is 0.116. The van der Waals surface area contributed by atoms with Crippen LogP contribution in [0.15, 0.2) is 36.5 Å². The maximum Gasteiger partial charge on any atom is 0.246 e. The number of carbonyl (C=O) groups is 1. The number of β-amino-alcohol motifs (C(OH)–C–C–N with tert-alkyl or cyclic N) is 1. The molecule has 0 spiro atoms. The number of H-pyrrole nitrogens is 1. The normalized spacial score (nSPS) is 21.2. The molecule has 1 aliphatic rings. The molecule has 1 aliphatic heterocycles. The molecule has 1 fully saturated rings. The van der Waals surface area contributed by atoms with Gasteiger partial charge in [-0.3, -0.25) is 4.79 Å². The summed E-state index contributed by atoms with van der Waals surface area (Å²) in [6.45, 7) is 2.73. The lowest BCUT2D eigenvalue weighted by Crippen LogP contribution is -2.48. The first-order valence-electron chi connectivity index (χ1n) is 8.22. The molecule has 7 nitrogen and oxygen atoms in total. The molecular formula is C18H22N4O3. The molecule has 1 atom stereocenters. The van der Waals surface area contributed by atoms with E-state index in [1.165, 1.54) is 6.20 Å². The van der Waals surface area contributed by atoms with E-state index in [-0.39, 0.29) is 12.5 Å². The van der Waals surface area contributed by atoms with Crippen LogP contribution in [-0.2, 0) is 10.4 Å². The first kappa shape index (κ1) is 17.2. The third kappa shape index (κ3) is 3.71. The van der Waals surface area contributed by atoms with Crippen molar-refractivity contribution in [3.63, 3.8) is 0 Å². The van der Waals surface area contributed by atoms with Crippen molar-refractivity contribution in [3.05, 3.63) is 47.8 Å². The van der Waals surface area contributed by atoms with Gasteiger partial charge in [0.25, 0.3) is 0 Å². The minimum Gasteiger partial charge on any atom is -0.497 e. The zero-order chi connectivity index (χ0) is 17.9. The van der Waals surface area contributed by atoms with Crippen LogP contribution in [0.2, 0.25) is 0 Å². The number of aromatic nitrogens is 3. The van der Waals surface area contributed by atoms with E-state index in [2.05, 4.69) is 15.4 Å². The Kier molecular flexibility index (Phi) is 4.85. The largest absolute Gasteiger partial charge is 0.497 e. The van der Waals surface area contributed by atoms with E-state index in [4.69, 9.17) is 4.74 Å². The standard InChI is InChI=1S/C18H22N4O3/c1-13(14-4-6-15(25-2)7-5-14)10-17(23)22-9-3-8-18(24,12-22)16-11-19-21-20-16/h4-7,10-11,24H,3,8-9,12H2,1-2H3,(H,19,20,21). The fourth-order valence-electron chi connectivity index (χ4n) is 3.07. The highest BCUT2D eigenvalue weighted by Crippen LogP contribution is 2.30. The predicted octanol–water partition coefficient (Wildman–Crippen LogP) is 1.73. The van der Waals surface area contributed by atoms with Crippen molar-refractivity contribution in [3.8, 4) is 5.75 Å². The summed E-state index contributed by atoms with van der Waals surface area (Å²) in [5.41, 5.74) is 1.14. The number of hydrogen-bond donors (Lipinski definition) is 2. The van der Waals surface area contributed by atoms with Crippen molar-refractivity contribution in [2.75, 3.05) is 20.2 Å². The summed E-state index contributed by atoms with van der Waals surface area (Å²) in [4.78, 5) is 14.3. The number of methoxy groups -OCH3 is 1. The number of allylic oxidation sites excluding steroid dienone is 1. The van der Waals surface area contributed by atoms with E-state index in [9.17, 15) is 9.90 Å². The first-order valence-corrected chi connectivity index (χ1v) is 8.22. The predicted molar refractivity (Wildman–Crippen MR) is 92.7 cm³/mol. The summed E-state index contributed by atoms with van der Waals surface area (Å²) in [5, 5.41) is 21.1. The number of nitrogens with zero attached hydrogens (tertiary/aromatic N) is 3. The lowest BCUT2D eigenvalue weighted by molar-refractivity contribution is -0.133. The summed E-state index contributed by atoms with van der Waals surface area (Å²) in [6.07, 6.45) is 4.39. The van der Waals surface area contributed by atoms with Crippen LogP contribution in [0.1, 0.15) is 31.0 Å². The van der Waals surface area contributed by atoms with E-state index in [1.54, 1.807) is 18.1 Å². The van der Waals surface area contributed by atoms with Crippen molar-refractivity contribution in [1.29, 1.82) is 0 Å². The minimum atomic E-state index is -1.15. The fraction of sp³-hybridized carbons (Fsp3) is 0.389. The number of rotatable bonds is 4. The Bertz CT molecular complexity index is 755. The van der Waals surface area contributed by atoms with Gasteiger partial charge in [0.2, 0.25) is 5.91 Å². The molecule has 1 aromatic carbocycles. The van der Waals surface area contributed by atoms with E-state index in [0.29, 0.717) is 25.1 Å². The molecule has 0 bridgehead atoms. The average molecular weight is 342 g/mol. The fourth-order valence-corrected chi connectivity index (χ4v) is 3.07. The van der Waals surface area contributed by atoms with Gasteiger partial charge >= 0.3 is 0 Å². The molecule has 0 aliphatic carbocycles. The van der Waals surface area contributed by atoms with E-state index in [0.717, 1.165) is 16.9 Å². The maximum absolute atomic E-state index is 12.6. The molecule has 7 heteroatoms. The molecule has 0 radical (unpaired) electrons. The first-order chi connectivity index (χ1) is 12.0. The average Bonchev–Trinajstić information content (AvgIpc) is 3.17. The number of ether oxygens (including phenoxy) is 1. The van der Waals surface area contributed by atoms with Crippen LogP contribution in [0.4, 0.5) is 0 Å². The molecule has 2 aromatic rings. The quantitative estimate of drug-likeness (QED) is 0.826. The van der Waals surface area contributed by atoms with Crippen molar-refractivity contribution in [1.82, 2.24) is 20.3 Å². The molecule has 25 heavy (non-hydrogen) atoms.